The van der Waals surface area contributed by atoms with Crippen LogP contribution in [0.3, 0.4) is 0 Å². The van der Waals surface area contributed by atoms with Crippen molar-refractivity contribution in [2.75, 3.05) is 20.2 Å². The summed E-state index contributed by atoms with van der Waals surface area (Å²) in [5, 5.41) is 4.08. The normalized spacial score (nSPS) is 20.3. The van der Waals surface area contributed by atoms with E-state index in [9.17, 15) is 22.4 Å². The van der Waals surface area contributed by atoms with Gasteiger partial charge in [0.1, 0.15) is 18.0 Å². The van der Waals surface area contributed by atoms with Gasteiger partial charge in [-0.25, -0.2) is 9.07 Å². The molecule has 0 radical (unpaired) electrons. The lowest BCUT2D eigenvalue weighted by atomic mass is 9.96. The summed E-state index contributed by atoms with van der Waals surface area (Å²) in [6, 6.07) is 6.04. The Balaban J connectivity index is 1.79. The van der Waals surface area contributed by atoms with Gasteiger partial charge in [0.2, 0.25) is 5.91 Å². The van der Waals surface area contributed by atoms with Crippen molar-refractivity contribution in [3.05, 3.63) is 48.0 Å². The molecule has 5 nitrogen and oxygen atoms in total. The van der Waals surface area contributed by atoms with Gasteiger partial charge in [-0.2, -0.15) is 18.3 Å². The molecule has 140 valence electrons. The Morgan fingerprint density at radius 1 is 1.38 bits per heavy atom. The second kappa shape index (κ2) is 7.06. The second-order valence-electron chi connectivity index (χ2n) is 6.17. The molecule has 2 atom stereocenters. The number of hydrogen-bond donors (Lipinski definition) is 0. The van der Waals surface area contributed by atoms with Gasteiger partial charge in [0.05, 0.1) is 18.2 Å². The number of nitrogens with zero attached hydrogens (tertiary/aromatic N) is 3. The molecular formula is C17H17F4N3O2. The smallest absolute Gasteiger partial charge is 0.373 e. The highest BCUT2D eigenvalue weighted by Gasteiger charge is 2.40. The van der Waals surface area contributed by atoms with Crippen molar-refractivity contribution in [3.63, 3.8) is 0 Å². The van der Waals surface area contributed by atoms with Crippen molar-refractivity contribution < 1.29 is 27.1 Å². The van der Waals surface area contributed by atoms with Gasteiger partial charge >= 0.3 is 6.18 Å². The summed E-state index contributed by atoms with van der Waals surface area (Å²) < 4.78 is 58.3. The maximum absolute atomic E-state index is 13.9. The van der Waals surface area contributed by atoms with Crippen LogP contribution in [0.25, 0.3) is 5.69 Å². The summed E-state index contributed by atoms with van der Waals surface area (Å²) >= 11 is 0. The van der Waals surface area contributed by atoms with Crippen LogP contribution in [0, 0.1) is 11.7 Å². The lowest BCUT2D eigenvalue weighted by Crippen LogP contribution is -2.40. The van der Waals surface area contributed by atoms with Crippen LogP contribution in [-0.2, 0) is 9.53 Å². The molecule has 0 bridgehead atoms. The molecule has 1 aromatic heterocycles. The number of halogens is 4. The molecule has 0 N–H and O–H groups in total. The number of ether oxygens (including phenoxy) is 1. The average Bonchev–Trinajstić information content (AvgIpc) is 3.22. The van der Waals surface area contributed by atoms with Crippen LogP contribution in [-0.4, -0.2) is 47.0 Å². The highest BCUT2D eigenvalue weighted by atomic mass is 19.4. The van der Waals surface area contributed by atoms with E-state index in [0.717, 1.165) is 7.05 Å². The highest BCUT2D eigenvalue weighted by Crippen LogP contribution is 2.36. The molecule has 1 aromatic carbocycles. The zero-order valence-electron chi connectivity index (χ0n) is 13.9. The van der Waals surface area contributed by atoms with Crippen LogP contribution < -0.4 is 0 Å². The fourth-order valence-electron chi connectivity index (χ4n) is 3.05. The SMILES string of the molecule is CN(CC(F)(F)F)C(=O)[C@H]1CCO[C@@H]1c1cnn(-c2ccccc2F)c1. The summed E-state index contributed by atoms with van der Waals surface area (Å²) in [7, 11) is 1.12. The monoisotopic (exact) mass is 371 g/mol. The minimum absolute atomic E-state index is 0.230. The minimum Gasteiger partial charge on any atom is -0.373 e. The molecule has 1 fully saturated rings. The molecule has 0 spiro atoms. The Kier molecular flexibility index (Phi) is 4.99. The summed E-state index contributed by atoms with van der Waals surface area (Å²) in [6.07, 6.45) is -1.89. The second-order valence-corrected chi connectivity index (χ2v) is 6.17. The van der Waals surface area contributed by atoms with E-state index in [1.807, 2.05) is 0 Å². The summed E-state index contributed by atoms with van der Waals surface area (Å²) in [6.45, 7) is -1.06. The van der Waals surface area contributed by atoms with Crippen molar-refractivity contribution in [2.45, 2.75) is 18.7 Å². The average molecular weight is 371 g/mol. The number of aromatic nitrogens is 2. The van der Waals surface area contributed by atoms with Crippen molar-refractivity contribution >= 4 is 5.91 Å². The lowest BCUT2D eigenvalue weighted by molar-refractivity contribution is -0.162. The number of hydrogen-bond acceptors (Lipinski definition) is 3. The van der Waals surface area contributed by atoms with Crippen LogP contribution in [0.15, 0.2) is 36.7 Å². The summed E-state index contributed by atoms with van der Waals surface area (Å²) in [4.78, 5) is 13.1. The number of carbonyl (C=O) groups is 1. The van der Waals surface area contributed by atoms with Gasteiger partial charge in [-0.3, -0.25) is 4.79 Å². The van der Waals surface area contributed by atoms with E-state index in [1.165, 1.54) is 23.1 Å². The standard InChI is InChI=1S/C17H17F4N3O2/c1-23(10-17(19,20)21)16(25)12-6-7-26-15(12)11-8-22-24(9-11)14-5-3-2-4-13(14)18/h2-5,8-9,12,15H,6-7,10H2,1H3/t12-,15+/m0/s1. The molecule has 0 saturated carbocycles. The third kappa shape index (κ3) is 3.87. The predicted octanol–water partition coefficient (Wildman–Crippen LogP) is 3.11. The zero-order chi connectivity index (χ0) is 18.9. The van der Waals surface area contributed by atoms with E-state index < -0.39 is 36.5 Å². The molecule has 2 heterocycles. The largest absolute Gasteiger partial charge is 0.406 e. The first-order valence-corrected chi connectivity index (χ1v) is 7.99. The maximum Gasteiger partial charge on any atom is 0.406 e. The Morgan fingerprint density at radius 3 is 2.81 bits per heavy atom. The van der Waals surface area contributed by atoms with Crippen LogP contribution in [0.5, 0.6) is 0 Å². The van der Waals surface area contributed by atoms with Gasteiger partial charge in [0, 0.05) is 25.4 Å². The number of carbonyl (C=O) groups excluding carboxylic acids is 1. The highest BCUT2D eigenvalue weighted by molar-refractivity contribution is 5.79. The summed E-state index contributed by atoms with van der Waals surface area (Å²) in [5.41, 5.74) is 0.748. The van der Waals surface area contributed by atoms with Gasteiger partial charge in [-0.1, -0.05) is 12.1 Å². The van der Waals surface area contributed by atoms with Gasteiger partial charge in [-0.15, -0.1) is 0 Å². The van der Waals surface area contributed by atoms with Crippen molar-refractivity contribution in [1.82, 2.24) is 14.7 Å². The topological polar surface area (TPSA) is 47.4 Å². The van der Waals surface area contributed by atoms with Crippen molar-refractivity contribution in [3.8, 4) is 5.69 Å². The third-order valence-electron chi connectivity index (χ3n) is 4.23. The number of amides is 1. The van der Waals surface area contributed by atoms with Crippen LogP contribution in [0.2, 0.25) is 0 Å². The molecule has 26 heavy (non-hydrogen) atoms. The van der Waals surface area contributed by atoms with Gasteiger partial charge in [0.25, 0.3) is 0 Å². The Hall–Kier alpha value is -2.42. The van der Waals surface area contributed by atoms with E-state index in [1.54, 1.807) is 18.2 Å². The van der Waals surface area contributed by atoms with Crippen LogP contribution in [0.1, 0.15) is 18.1 Å². The van der Waals surface area contributed by atoms with Gasteiger partial charge in [-0.05, 0) is 18.6 Å². The minimum atomic E-state index is -4.46. The van der Waals surface area contributed by atoms with E-state index in [2.05, 4.69) is 5.10 Å². The predicted molar refractivity (Wildman–Crippen MR) is 84.0 cm³/mol. The lowest BCUT2D eigenvalue weighted by Gasteiger charge is -2.24. The quantitative estimate of drug-likeness (QED) is 0.776. The molecule has 0 unspecified atom stereocenters. The van der Waals surface area contributed by atoms with E-state index >= 15 is 0 Å². The van der Waals surface area contributed by atoms with Crippen molar-refractivity contribution in [1.29, 1.82) is 0 Å². The molecular weight excluding hydrogens is 354 g/mol. The van der Waals surface area contributed by atoms with E-state index in [4.69, 9.17) is 4.74 Å². The number of alkyl halides is 3. The van der Waals surface area contributed by atoms with Crippen molar-refractivity contribution in [2.24, 2.45) is 5.92 Å². The molecule has 1 aliphatic heterocycles. The summed E-state index contributed by atoms with van der Waals surface area (Å²) in [5.74, 6) is -1.84. The van der Waals surface area contributed by atoms with Crippen LogP contribution >= 0.6 is 0 Å². The molecule has 1 aliphatic rings. The molecule has 2 aromatic rings. The Bertz CT molecular complexity index is 790. The molecule has 0 aliphatic carbocycles. The molecule has 1 amide bonds. The first-order chi connectivity index (χ1) is 12.3. The number of benzene rings is 1. The molecule has 3 rings (SSSR count). The first kappa shape index (κ1) is 18.4. The molecule has 9 heteroatoms. The fourth-order valence-corrected chi connectivity index (χ4v) is 3.05. The molecule has 1 saturated heterocycles. The van der Waals surface area contributed by atoms with Crippen LogP contribution in [0.4, 0.5) is 17.6 Å². The van der Waals surface area contributed by atoms with Gasteiger partial charge in [0.15, 0.2) is 0 Å². The Morgan fingerprint density at radius 2 is 2.12 bits per heavy atom. The Labute approximate surface area is 147 Å². The third-order valence-corrected chi connectivity index (χ3v) is 4.23. The zero-order valence-corrected chi connectivity index (χ0v) is 13.9. The maximum atomic E-state index is 13.9. The van der Waals surface area contributed by atoms with E-state index in [0.29, 0.717) is 16.9 Å². The first-order valence-electron chi connectivity index (χ1n) is 7.99. The number of para-hydroxylation sites is 1. The van der Waals surface area contributed by atoms with E-state index in [-0.39, 0.29) is 12.3 Å². The number of rotatable bonds is 4. The fraction of sp³-hybridized carbons (Fsp3) is 0.412. The van der Waals surface area contributed by atoms with Gasteiger partial charge < -0.3 is 9.64 Å².